The lowest BCUT2D eigenvalue weighted by molar-refractivity contribution is 0.927. The second-order valence-corrected chi connectivity index (χ2v) is 4.35. The molecule has 2 aromatic heterocycles. The summed E-state index contributed by atoms with van der Waals surface area (Å²) in [6.45, 7) is 0.554. The maximum Gasteiger partial charge on any atom is 0.159 e. The van der Waals surface area contributed by atoms with E-state index in [1.54, 1.807) is 12.4 Å². The number of hydrogen-bond donors (Lipinski definition) is 2. The van der Waals surface area contributed by atoms with Crippen molar-refractivity contribution in [2.75, 3.05) is 29.0 Å². The Morgan fingerprint density at radius 1 is 1.23 bits per heavy atom. The van der Waals surface area contributed by atoms with Crippen LogP contribution in [-0.2, 0) is 6.54 Å². The molecular formula is C14H14N8. The van der Waals surface area contributed by atoms with Crippen molar-refractivity contribution in [3.8, 4) is 12.1 Å². The Morgan fingerprint density at radius 3 is 2.64 bits per heavy atom. The van der Waals surface area contributed by atoms with Crippen LogP contribution in [0, 0.1) is 22.7 Å². The summed E-state index contributed by atoms with van der Waals surface area (Å²) in [5.41, 5.74) is 7.33. The zero-order chi connectivity index (χ0) is 15.8. The molecule has 0 fully saturated rings. The molecule has 0 aliphatic rings. The normalized spacial score (nSPS) is 9.55. The number of rotatable bonds is 6. The maximum atomic E-state index is 8.83. The molecule has 0 unspecified atom stereocenters. The molecule has 8 heteroatoms. The van der Waals surface area contributed by atoms with Crippen LogP contribution in [0.2, 0.25) is 0 Å². The van der Waals surface area contributed by atoms with Crippen molar-refractivity contribution in [3.63, 3.8) is 0 Å². The molecule has 2 heterocycles. The van der Waals surface area contributed by atoms with Gasteiger partial charge in [-0.1, -0.05) is 6.07 Å². The number of anilines is 3. The van der Waals surface area contributed by atoms with E-state index < -0.39 is 0 Å². The first kappa shape index (κ1) is 15.0. The highest BCUT2D eigenvalue weighted by molar-refractivity contribution is 5.75. The topological polar surface area (TPSA) is 128 Å². The average molecular weight is 294 g/mol. The minimum Gasteiger partial charge on any atom is -0.393 e. The van der Waals surface area contributed by atoms with Gasteiger partial charge in [0.2, 0.25) is 0 Å². The monoisotopic (exact) mass is 294 g/mol. The average Bonchev–Trinajstić information content (AvgIpc) is 2.55. The van der Waals surface area contributed by atoms with Crippen LogP contribution in [0.4, 0.5) is 17.3 Å². The fourth-order valence-corrected chi connectivity index (χ4v) is 1.84. The molecule has 0 atom stereocenters. The Kier molecular flexibility index (Phi) is 5.05. The lowest BCUT2D eigenvalue weighted by Gasteiger charge is -2.19. The van der Waals surface area contributed by atoms with E-state index in [1.165, 1.54) is 11.2 Å². The van der Waals surface area contributed by atoms with E-state index in [4.69, 9.17) is 16.3 Å². The molecule has 110 valence electrons. The van der Waals surface area contributed by atoms with Crippen LogP contribution in [0.15, 0.2) is 30.9 Å². The van der Waals surface area contributed by atoms with Crippen molar-refractivity contribution in [2.24, 2.45) is 0 Å². The zero-order valence-electron chi connectivity index (χ0n) is 11.8. The molecule has 3 N–H and O–H groups in total. The van der Waals surface area contributed by atoms with Gasteiger partial charge in [0, 0.05) is 18.9 Å². The van der Waals surface area contributed by atoms with Gasteiger partial charge in [-0.25, -0.2) is 9.97 Å². The highest BCUT2D eigenvalue weighted by atomic mass is 15.2. The van der Waals surface area contributed by atoms with E-state index in [0.717, 1.165) is 5.56 Å². The van der Waals surface area contributed by atoms with Gasteiger partial charge in [-0.15, -0.1) is 0 Å². The van der Waals surface area contributed by atoms with Crippen LogP contribution in [0.5, 0.6) is 0 Å². The van der Waals surface area contributed by atoms with E-state index in [9.17, 15) is 0 Å². The third kappa shape index (κ3) is 3.58. The lowest BCUT2D eigenvalue weighted by atomic mass is 10.3. The summed E-state index contributed by atoms with van der Waals surface area (Å²) < 4.78 is 0. The molecule has 0 saturated carbocycles. The smallest absolute Gasteiger partial charge is 0.159 e. The minimum absolute atomic E-state index is 0.0246. The van der Waals surface area contributed by atoms with Crippen LogP contribution in [-0.4, -0.2) is 28.0 Å². The quantitative estimate of drug-likeness (QED) is 0.753. The minimum atomic E-state index is 0.0246. The summed E-state index contributed by atoms with van der Waals surface area (Å²) in [7, 11) is 0. The molecule has 0 bridgehead atoms. The van der Waals surface area contributed by atoms with Gasteiger partial charge < -0.3 is 16.0 Å². The van der Waals surface area contributed by atoms with Crippen molar-refractivity contribution in [2.45, 2.75) is 6.54 Å². The molecule has 0 radical (unpaired) electrons. The fraction of sp³-hybridized carbons (Fsp3) is 0.214. The van der Waals surface area contributed by atoms with Gasteiger partial charge in [0.25, 0.3) is 0 Å². The first-order valence-corrected chi connectivity index (χ1v) is 6.48. The highest BCUT2D eigenvalue weighted by Crippen LogP contribution is 2.26. The third-order valence-corrected chi connectivity index (χ3v) is 2.87. The summed E-state index contributed by atoms with van der Waals surface area (Å²) in [5, 5.41) is 20.8. The molecule has 0 saturated heterocycles. The predicted octanol–water partition coefficient (Wildman–Crippen LogP) is 0.919. The number of aromatic nitrogens is 3. The lowest BCUT2D eigenvalue weighted by Crippen LogP contribution is -2.26. The number of nitrogens with zero attached hydrogens (tertiary/aromatic N) is 6. The Bertz CT molecular complexity index is 685. The molecule has 0 aromatic carbocycles. The SMILES string of the molecule is N#CCN(CC#N)c1ncnc(NCc2cccnc2)c1N. The van der Waals surface area contributed by atoms with Crippen LogP contribution in [0.25, 0.3) is 0 Å². The van der Waals surface area contributed by atoms with E-state index in [-0.39, 0.29) is 13.1 Å². The van der Waals surface area contributed by atoms with Gasteiger partial charge in [-0.2, -0.15) is 10.5 Å². The second-order valence-electron chi connectivity index (χ2n) is 4.35. The second kappa shape index (κ2) is 7.41. The molecule has 2 aromatic rings. The predicted molar refractivity (Wildman–Crippen MR) is 81.4 cm³/mol. The number of hydrogen-bond acceptors (Lipinski definition) is 8. The van der Waals surface area contributed by atoms with Crippen molar-refractivity contribution in [1.82, 2.24) is 15.0 Å². The molecule has 0 amide bonds. The van der Waals surface area contributed by atoms with E-state index >= 15 is 0 Å². The van der Waals surface area contributed by atoms with Gasteiger partial charge in [-0.3, -0.25) is 4.98 Å². The van der Waals surface area contributed by atoms with Crippen LogP contribution < -0.4 is 16.0 Å². The Morgan fingerprint density at radius 2 is 2.00 bits per heavy atom. The molecule has 0 aliphatic heterocycles. The first-order chi connectivity index (χ1) is 10.8. The number of nitrogens with two attached hydrogens (primary N) is 1. The summed E-state index contributed by atoms with van der Waals surface area (Å²) in [6.07, 6.45) is 4.78. The van der Waals surface area contributed by atoms with E-state index in [1.807, 2.05) is 24.3 Å². The van der Waals surface area contributed by atoms with Crippen LogP contribution >= 0.6 is 0 Å². The first-order valence-electron chi connectivity index (χ1n) is 6.48. The van der Waals surface area contributed by atoms with Gasteiger partial charge in [-0.05, 0) is 11.6 Å². The molecule has 0 spiro atoms. The van der Waals surface area contributed by atoms with Crippen LogP contribution in [0.3, 0.4) is 0 Å². The molecule has 8 nitrogen and oxygen atoms in total. The zero-order valence-corrected chi connectivity index (χ0v) is 11.8. The van der Waals surface area contributed by atoms with Gasteiger partial charge >= 0.3 is 0 Å². The van der Waals surface area contributed by atoms with Crippen molar-refractivity contribution in [1.29, 1.82) is 10.5 Å². The molecule has 0 aliphatic carbocycles. The number of nitrogen functional groups attached to an aromatic ring is 1. The molecule has 22 heavy (non-hydrogen) atoms. The number of pyridine rings is 1. The molecular weight excluding hydrogens is 280 g/mol. The Labute approximate surface area is 127 Å². The number of nitrogens with one attached hydrogen (secondary N) is 1. The summed E-state index contributed by atoms with van der Waals surface area (Å²) in [5.74, 6) is 0.821. The number of nitriles is 2. The molecule has 2 rings (SSSR count). The van der Waals surface area contributed by atoms with Crippen molar-refractivity contribution < 1.29 is 0 Å². The standard InChI is InChI=1S/C14H14N8/c15-3-6-22(7-4-16)14-12(17)13(20-10-21-14)19-9-11-2-1-5-18-8-11/h1-2,5,8,10H,6-7,9,17H2,(H,19,20,21). The maximum absolute atomic E-state index is 8.83. The van der Waals surface area contributed by atoms with Crippen molar-refractivity contribution >= 4 is 17.3 Å². The van der Waals surface area contributed by atoms with E-state index in [2.05, 4.69) is 20.3 Å². The summed E-state index contributed by atoms with van der Waals surface area (Å²) in [6, 6.07) is 7.74. The van der Waals surface area contributed by atoms with Gasteiger partial charge in [0.05, 0.1) is 12.1 Å². The third-order valence-electron chi connectivity index (χ3n) is 2.87. The fourth-order valence-electron chi connectivity index (χ4n) is 1.84. The largest absolute Gasteiger partial charge is 0.393 e. The summed E-state index contributed by atoms with van der Waals surface area (Å²) in [4.78, 5) is 13.7. The highest BCUT2D eigenvalue weighted by Gasteiger charge is 2.14. The van der Waals surface area contributed by atoms with Crippen LogP contribution in [0.1, 0.15) is 5.56 Å². The van der Waals surface area contributed by atoms with Crippen molar-refractivity contribution in [3.05, 3.63) is 36.4 Å². The van der Waals surface area contributed by atoms with Gasteiger partial charge in [0.15, 0.2) is 11.6 Å². The summed E-state index contributed by atoms with van der Waals surface area (Å²) >= 11 is 0. The van der Waals surface area contributed by atoms with Gasteiger partial charge in [0.1, 0.15) is 25.1 Å². The van der Waals surface area contributed by atoms with E-state index in [0.29, 0.717) is 23.9 Å². The Hall–Kier alpha value is -3.39. The Balaban J connectivity index is 2.18.